The quantitative estimate of drug-likeness (QED) is 0.324. The molecule has 2 aromatic heterocycles. The van der Waals surface area contributed by atoms with Crippen LogP contribution in [0.2, 0.25) is 0 Å². The number of pyridine rings is 1. The second-order valence-electron chi connectivity index (χ2n) is 8.04. The van der Waals surface area contributed by atoms with E-state index >= 15 is 4.39 Å². The molecule has 0 radical (unpaired) electrons. The van der Waals surface area contributed by atoms with E-state index in [2.05, 4.69) is 14.7 Å². The lowest BCUT2D eigenvalue weighted by Gasteiger charge is -2.11. The molecule has 35 heavy (non-hydrogen) atoms. The van der Waals surface area contributed by atoms with E-state index in [1.165, 1.54) is 6.20 Å². The van der Waals surface area contributed by atoms with Crippen LogP contribution in [-0.2, 0) is 10.0 Å². The van der Waals surface area contributed by atoms with Crippen molar-refractivity contribution < 1.29 is 26.7 Å². The van der Waals surface area contributed by atoms with Gasteiger partial charge in [-0.1, -0.05) is 13.0 Å². The molecule has 0 saturated heterocycles. The smallest absolute Gasteiger partial charge is 0.232 e. The number of rotatable bonds is 8. The van der Waals surface area contributed by atoms with Crippen LogP contribution < -0.4 is 9.46 Å². The lowest BCUT2D eigenvalue weighted by atomic mass is 9.98. The van der Waals surface area contributed by atoms with Crippen molar-refractivity contribution in [2.75, 3.05) is 17.6 Å². The molecule has 2 aromatic carbocycles. The maximum atomic E-state index is 15.2. The average Bonchev–Trinajstić information content (AvgIpc) is 3.24. The minimum Gasteiger partial charge on any atom is -0.497 e. The summed E-state index contributed by atoms with van der Waals surface area (Å²) >= 11 is 0. The van der Waals surface area contributed by atoms with Crippen molar-refractivity contribution in [3.63, 3.8) is 0 Å². The summed E-state index contributed by atoms with van der Waals surface area (Å²) in [5, 5.41) is 0.374. The summed E-state index contributed by atoms with van der Waals surface area (Å²) in [4.78, 5) is 20.5. The molecule has 10 heteroatoms. The van der Waals surface area contributed by atoms with Gasteiger partial charge in [-0.2, -0.15) is 0 Å². The first kappa shape index (κ1) is 24.3. The Labute approximate surface area is 201 Å². The summed E-state index contributed by atoms with van der Waals surface area (Å²) in [6.45, 7) is 3.56. The van der Waals surface area contributed by atoms with Crippen LogP contribution in [-0.4, -0.2) is 37.0 Å². The molecule has 0 aliphatic carbocycles. The van der Waals surface area contributed by atoms with Gasteiger partial charge in [0.1, 0.15) is 17.2 Å². The van der Waals surface area contributed by atoms with Crippen LogP contribution in [0.4, 0.5) is 14.5 Å². The maximum Gasteiger partial charge on any atom is 0.232 e. The monoisotopic (exact) mass is 499 g/mol. The number of ketones is 1. The Morgan fingerprint density at radius 1 is 1.17 bits per heavy atom. The topological polar surface area (TPSA) is 101 Å². The molecule has 0 amide bonds. The highest BCUT2D eigenvalue weighted by Crippen LogP contribution is 2.31. The molecule has 2 heterocycles. The predicted octanol–water partition coefficient (Wildman–Crippen LogP) is 5.21. The molecule has 0 atom stereocenters. The lowest BCUT2D eigenvalue weighted by Crippen LogP contribution is -2.18. The highest BCUT2D eigenvalue weighted by molar-refractivity contribution is 7.92. The summed E-state index contributed by atoms with van der Waals surface area (Å²) in [6.07, 6.45) is 3.27. The fraction of sp³-hybridized carbons (Fsp3) is 0.200. The lowest BCUT2D eigenvalue weighted by molar-refractivity contribution is 0.103. The molecule has 0 saturated carbocycles. The summed E-state index contributed by atoms with van der Waals surface area (Å²) in [5.41, 5.74) is 1.50. The van der Waals surface area contributed by atoms with Gasteiger partial charge >= 0.3 is 0 Å². The number of methoxy groups -OCH3 is 1. The van der Waals surface area contributed by atoms with E-state index < -0.39 is 38.7 Å². The Balaban J connectivity index is 1.78. The standard InChI is InChI=1S/C25H23F2N3O4S/c1-4-9-35(32,33)30-21-8-7-20(26)22(23(21)27)24(31)19-13-29-25-18(19)11-15(12-28-25)17-6-5-16(34-3)10-14(17)2/h5-8,10-13,30H,4,9H2,1-3H3,(H,28,29). The van der Waals surface area contributed by atoms with Crippen molar-refractivity contribution in [3.8, 4) is 16.9 Å². The largest absolute Gasteiger partial charge is 0.497 e. The van der Waals surface area contributed by atoms with Crippen LogP contribution in [0.1, 0.15) is 34.8 Å². The summed E-state index contributed by atoms with van der Waals surface area (Å²) in [6, 6.07) is 9.04. The Morgan fingerprint density at radius 2 is 1.94 bits per heavy atom. The number of aryl methyl sites for hydroxylation is 1. The number of ether oxygens (including phenoxy) is 1. The number of hydrogen-bond acceptors (Lipinski definition) is 5. The van der Waals surface area contributed by atoms with E-state index in [1.54, 1.807) is 32.4 Å². The van der Waals surface area contributed by atoms with Crippen molar-refractivity contribution in [3.05, 3.63) is 77.1 Å². The Hall–Kier alpha value is -3.79. The second kappa shape index (κ2) is 9.46. The molecular formula is C25H23F2N3O4S. The van der Waals surface area contributed by atoms with Crippen LogP contribution >= 0.6 is 0 Å². The molecule has 0 bridgehead atoms. The van der Waals surface area contributed by atoms with Gasteiger partial charge in [-0.3, -0.25) is 9.52 Å². The maximum absolute atomic E-state index is 15.2. The van der Waals surface area contributed by atoms with Gasteiger partial charge in [-0.25, -0.2) is 22.2 Å². The highest BCUT2D eigenvalue weighted by atomic mass is 32.2. The predicted molar refractivity (Wildman–Crippen MR) is 130 cm³/mol. The zero-order chi connectivity index (χ0) is 25.3. The molecule has 0 spiro atoms. The molecular weight excluding hydrogens is 476 g/mol. The first-order valence-corrected chi connectivity index (χ1v) is 12.5. The number of carbonyl (C=O) groups excluding carboxylic acids is 1. The van der Waals surface area contributed by atoms with Gasteiger partial charge in [0, 0.05) is 28.9 Å². The molecule has 2 N–H and O–H groups in total. The third kappa shape index (κ3) is 4.74. The zero-order valence-corrected chi connectivity index (χ0v) is 20.1. The number of H-pyrrole nitrogens is 1. The van der Waals surface area contributed by atoms with Gasteiger partial charge < -0.3 is 9.72 Å². The van der Waals surface area contributed by atoms with Crippen LogP contribution in [0.5, 0.6) is 5.75 Å². The number of halogens is 2. The molecule has 4 aromatic rings. The molecule has 7 nitrogen and oxygen atoms in total. The third-order valence-electron chi connectivity index (χ3n) is 5.58. The number of anilines is 1. The molecule has 0 aliphatic heterocycles. The number of aromatic amines is 1. The van der Waals surface area contributed by atoms with E-state index in [4.69, 9.17) is 4.74 Å². The number of hydrogen-bond donors (Lipinski definition) is 2. The van der Waals surface area contributed by atoms with Gasteiger partial charge in [0.2, 0.25) is 15.8 Å². The molecule has 0 aliphatic rings. The molecule has 182 valence electrons. The van der Waals surface area contributed by atoms with Gasteiger partial charge in [-0.05, 0) is 54.8 Å². The number of nitrogens with one attached hydrogen (secondary N) is 2. The summed E-state index contributed by atoms with van der Waals surface area (Å²) in [5.74, 6) is -2.87. The van der Waals surface area contributed by atoms with Crippen molar-refractivity contribution in [2.24, 2.45) is 0 Å². The highest BCUT2D eigenvalue weighted by Gasteiger charge is 2.26. The summed E-state index contributed by atoms with van der Waals surface area (Å²) < 4.78 is 61.3. The van der Waals surface area contributed by atoms with Crippen molar-refractivity contribution in [1.82, 2.24) is 9.97 Å². The normalized spacial score (nSPS) is 11.6. The number of fused-ring (bicyclic) bond motifs is 1. The van der Waals surface area contributed by atoms with Crippen molar-refractivity contribution >= 4 is 32.5 Å². The van der Waals surface area contributed by atoms with E-state index in [0.29, 0.717) is 28.8 Å². The van der Waals surface area contributed by atoms with Gasteiger partial charge in [0.25, 0.3) is 0 Å². The first-order valence-electron chi connectivity index (χ1n) is 10.8. The number of benzene rings is 2. The molecule has 4 rings (SSSR count). The van der Waals surface area contributed by atoms with Gasteiger partial charge in [-0.15, -0.1) is 0 Å². The summed E-state index contributed by atoms with van der Waals surface area (Å²) in [7, 11) is -2.27. The first-order chi connectivity index (χ1) is 16.6. The fourth-order valence-electron chi connectivity index (χ4n) is 3.89. The Bertz CT molecular complexity index is 1550. The average molecular weight is 500 g/mol. The Kier molecular flexibility index (Phi) is 6.58. The fourth-order valence-corrected chi connectivity index (χ4v) is 5.02. The number of sulfonamides is 1. The Morgan fingerprint density at radius 3 is 2.63 bits per heavy atom. The minimum atomic E-state index is -3.85. The second-order valence-corrected chi connectivity index (χ2v) is 9.88. The molecule has 0 unspecified atom stereocenters. The SMILES string of the molecule is CCCS(=O)(=O)Nc1ccc(F)c(C(=O)c2c[nH]c3ncc(-c4ccc(OC)cc4C)cc23)c1F. The van der Waals surface area contributed by atoms with E-state index in [9.17, 15) is 17.6 Å². The minimum absolute atomic E-state index is 0.00637. The number of nitrogens with zero attached hydrogens (tertiary/aromatic N) is 1. The van der Waals surface area contributed by atoms with Crippen molar-refractivity contribution in [1.29, 1.82) is 0 Å². The van der Waals surface area contributed by atoms with Gasteiger partial charge in [0.15, 0.2) is 5.82 Å². The number of carbonyl (C=O) groups is 1. The van der Waals surface area contributed by atoms with Gasteiger partial charge in [0.05, 0.1) is 24.1 Å². The van der Waals surface area contributed by atoms with Crippen LogP contribution in [0, 0.1) is 18.6 Å². The zero-order valence-electron chi connectivity index (χ0n) is 19.3. The van der Waals surface area contributed by atoms with E-state index in [0.717, 1.165) is 23.3 Å². The van der Waals surface area contributed by atoms with Crippen LogP contribution in [0.15, 0.2) is 48.8 Å². The van der Waals surface area contributed by atoms with Crippen LogP contribution in [0.25, 0.3) is 22.2 Å². The van der Waals surface area contributed by atoms with Crippen molar-refractivity contribution in [2.45, 2.75) is 20.3 Å². The van der Waals surface area contributed by atoms with Crippen LogP contribution in [0.3, 0.4) is 0 Å². The number of aromatic nitrogens is 2. The van der Waals surface area contributed by atoms with E-state index in [-0.39, 0.29) is 11.3 Å². The van der Waals surface area contributed by atoms with E-state index in [1.807, 2.05) is 19.1 Å². The third-order valence-corrected chi connectivity index (χ3v) is 7.05. The molecule has 0 fully saturated rings.